The molecular weight excluding hydrogens is 332 g/mol. The first-order chi connectivity index (χ1) is 12.2. The number of rotatable bonds is 2. The summed E-state index contributed by atoms with van der Waals surface area (Å²) in [6, 6.07) is 12.2. The van der Waals surface area contributed by atoms with Crippen LogP contribution in [0, 0.1) is 6.92 Å². The smallest absolute Gasteiger partial charge is 0.160 e. The van der Waals surface area contributed by atoms with Crippen molar-refractivity contribution in [2.45, 2.75) is 18.5 Å². The van der Waals surface area contributed by atoms with Crippen LogP contribution >= 0.6 is 12.6 Å². The third-order valence-electron chi connectivity index (χ3n) is 4.30. The van der Waals surface area contributed by atoms with E-state index in [4.69, 9.17) is 0 Å². The van der Waals surface area contributed by atoms with Crippen molar-refractivity contribution in [3.05, 3.63) is 60.0 Å². The summed E-state index contributed by atoms with van der Waals surface area (Å²) in [6.07, 6.45) is 3.64. The molecule has 5 aromatic rings. The first-order valence-electron chi connectivity index (χ1n) is 7.94. The molecule has 0 aliphatic carbocycles. The Kier molecular flexibility index (Phi) is 3.05. The Morgan fingerprint density at radius 3 is 2.76 bits per heavy atom. The van der Waals surface area contributed by atoms with E-state index in [0.717, 1.165) is 33.3 Å². The average molecular weight is 346 g/mol. The van der Waals surface area contributed by atoms with Gasteiger partial charge in [-0.2, -0.15) is 10.2 Å². The van der Waals surface area contributed by atoms with Crippen LogP contribution in [0.15, 0.2) is 53.8 Å². The van der Waals surface area contributed by atoms with Crippen LogP contribution in [0.2, 0.25) is 0 Å². The van der Waals surface area contributed by atoms with Gasteiger partial charge in [-0.15, -0.1) is 12.6 Å². The molecular formula is C18H14N6S. The summed E-state index contributed by atoms with van der Waals surface area (Å²) in [5, 5.41) is 11.6. The van der Waals surface area contributed by atoms with Crippen LogP contribution in [0.5, 0.6) is 0 Å². The van der Waals surface area contributed by atoms with Crippen LogP contribution < -0.4 is 0 Å². The summed E-state index contributed by atoms with van der Waals surface area (Å²) in [5.74, 6) is 0. The van der Waals surface area contributed by atoms with E-state index in [9.17, 15) is 0 Å². The van der Waals surface area contributed by atoms with Gasteiger partial charge in [0.2, 0.25) is 0 Å². The molecule has 0 bridgehead atoms. The van der Waals surface area contributed by atoms with Crippen molar-refractivity contribution in [2.75, 3.05) is 0 Å². The molecule has 0 saturated heterocycles. The van der Waals surface area contributed by atoms with Crippen LogP contribution in [-0.2, 0) is 6.54 Å². The van der Waals surface area contributed by atoms with Gasteiger partial charge in [0.15, 0.2) is 11.3 Å². The molecule has 4 aromatic heterocycles. The molecule has 4 heterocycles. The minimum atomic E-state index is 0.646. The highest BCUT2D eigenvalue weighted by Crippen LogP contribution is 2.28. The van der Waals surface area contributed by atoms with Crippen molar-refractivity contribution >= 4 is 40.2 Å². The predicted octanol–water partition coefficient (Wildman–Crippen LogP) is 3.27. The molecule has 1 aromatic carbocycles. The highest BCUT2D eigenvalue weighted by atomic mass is 32.1. The molecule has 0 amide bonds. The lowest BCUT2D eigenvalue weighted by molar-refractivity contribution is 0.704. The highest BCUT2D eigenvalue weighted by Gasteiger charge is 2.15. The number of pyridine rings is 1. The zero-order valence-electron chi connectivity index (χ0n) is 13.5. The molecule has 0 spiro atoms. The molecule has 0 fully saturated rings. The summed E-state index contributed by atoms with van der Waals surface area (Å²) in [6.45, 7) is 2.62. The Bertz CT molecular complexity index is 1240. The molecule has 0 aliphatic heterocycles. The van der Waals surface area contributed by atoms with Crippen molar-refractivity contribution < 1.29 is 0 Å². The van der Waals surface area contributed by atoms with Gasteiger partial charge in [0, 0.05) is 12.3 Å². The van der Waals surface area contributed by atoms with Gasteiger partial charge in [-0.3, -0.25) is 0 Å². The lowest BCUT2D eigenvalue weighted by Crippen LogP contribution is -2.03. The van der Waals surface area contributed by atoms with Gasteiger partial charge >= 0.3 is 0 Å². The molecule has 0 saturated carbocycles. The van der Waals surface area contributed by atoms with Crippen LogP contribution in [0.3, 0.4) is 0 Å². The number of aromatic nitrogens is 6. The van der Waals surface area contributed by atoms with Crippen LogP contribution in [-0.4, -0.2) is 29.4 Å². The maximum Gasteiger partial charge on any atom is 0.160 e. The molecule has 0 atom stereocenters. The van der Waals surface area contributed by atoms with Crippen LogP contribution in [0.1, 0.15) is 11.3 Å². The monoisotopic (exact) mass is 346 g/mol. The number of benzene rings is 1. The van der Waals surface area contributed by atoms with E-state index in [1.165, 1.54) is 5.56 Å². The normalized spacial score (nSPS) is 11.8. The molecule has 0 aliphatic rings. The third-order valence-corrected chi connectivity index (χ3v) is 4.64. The van der Waals surface area contributed by atoms with Gasteiger partial charge in [-0.05, 0) is 12.5 Å². The summed E-state index contributed by atoms with van der Waals surface area (Å²) in [7, 11) is 0. The Hall–Kier alpha value is -2.93. The van der Waals surface area contributed by atoms with E-state index in [2.05, 4.69) is 44.9 Å². The maximum absolute atomic E-state index is 4.61. The number of hydrogen-bond donors (Lipinski definition) is 1. The Morgan fingerprint density at radius 2 is 1.92 bits per heavy atom. The van der Waals surface area contributed by atoms with Crippen molar-refractivity contribution in [1.29, 1.82) is 0 Å². The molecule has 122 valence electrons. The van der Waals surface area contributed by atoms with Gasteiger partial charge in [0.05, 0.1) is 34.7 Å². The van der Waals surface area contributed by atoms with E-state index >= 15 is 0 Å². The third kappa shape index (κ3) is 2.20. The van der Waals surface area contributed by atoms with Crippen LogP contribution in [0.25, 0.3) is 27.6 Å². The fraction of sp³-hybridized carbons (Fsp3) is 0.111. The lowest BCUT2D eigenvalue weighted by Gasteiger charge is -2.06. The molecule has 5 rings (SSSR count). The largest absolute Gasteiger partial charge is 0.243 e. The molecule has 0 radical (unpaired) electrons. The Morgan fingerprint density at radius 1 is 1.08 bits per heavy atom. The topological polar surface area (TPSA) is 60.9 Å². The van der Waals surface area contributed by atoms with Crippen molar-refractivity contribution in [2.24, 2.45) is 0 Å². The number of aryl methyl sites for hydroxylation is 1. The second-order valence-electron chi connectivity index (χ2n) is 6.04. The van der Waals surface area contributed by atoms with Gasteiger partial charge in [-0.1, -0.05) is 30.3 Å². The maximum atomic E-state index is 4.61. The molecule has 25 heavy (non-hydrogen) atoms. The minimum absolute atomic E-state index is 0.646. The molecule has 0 N–H and O–H groups in total. The zero-order valence-corrected chi connectivity index (χ0v) is 14.4. The molecule has 6 nitrogen and oxygen atoms in total. The van der Waals surface area contributed by atoms with E-state index in [1.54, 1.807) is 6.20 Å². The van der Waals surface area contributed by atoms with E-state index in [1.807, 2.05) is 46.6 Å². The van der Waals surface area contributed by atoms with Crippen molar-refractivity contribution in [1.82, 2.24) is 29.4 Å². The quantitative estimate of drug-likeness (QED) is 0.394. The summed E-state index contributed by atoms with van der Waals surface area (Å²) in [5.41, 5.74) is 4.63. The Balaban J connectivity index is 1.81. The highest BCUT2D eigenvalue weighted by molar-refractivity contribution is 7.80. The fourth-order valence-corrected chi connectivity index (χ4v) is 3.44. The van der Waals surface area contributed by atoms with Crippen molar-refractivity contribution in [3.8, 4) is 0 Å². The number of nitrogens with zero attached hydrogens (tertiary/aromatic N) is 6. The first kappa shape index (κ1) is 14.4. The van der Waals surface area contributed by atoms with Gasteiger partial charge < -0.3 is 0 Å². The number of thiol groups is 1. The predicted molar refractivity (Wildman–Crippen MR) is 99.1 cm³/mol. The second-order valence-corrected chi connectivity index (χ2v) is 6.46. The van der Waals surface area contributed by atoms with E-state index in [-0.39, 0.29) is 0 Å². The lowest BCUT2D eigenvalue weighted by atomic mass is 10.2. The number of fused-ring (bicyclic) bond motifs is 5. The summed E-state index contributed by atoms with van der Waals surface area (Å²) in [4.78, 5) is 9.11. The molecule has 0 unspecified atom stereocenters. The van der Waals surface area contributed by atoms with E-state index < -0.39 is 0 Å². The average Bonchev–Trinajstić information content (AvgIpc) is 3.18. The summed E-state index contributed by atoms with van der Waals surface area (Å²) >= 11 is 4.53. The standard InChI is InChI=1S/C18H14N6S/c1-11-7-15-21-18(25)14-8-19-17-13(16(14)24(15)22-11)9-20-23(17)10-12-5-3-2-4-6-12/h2-9H,10H2,1H3,(H,21,25). The van der Waals surface area contributed by atoms with E-state index in [0.29, 0.717) is 11.6 Å². The first-order valence-corrected chi connectivity index (χ1v) is 8.39. The minimum Gasteiger partial charge on any atom is -0.243 e. The number of hydrogen-bond acceptors (Lipinski definition) is 5. The fourth-order valence-electron chi connectivity index (χ4n) is 3.18. The Labute approximate surface area is 148 Å². The molecule has 7 heteroatoms. The van der Waals surface area contributed by atoms with Gasteiger partial charge in [0.1, 0.15) is 5.03 Å². The van der Waals surface area contributed by atoms with Gasteiger partial charge in [0.25, 0.3) is 0 Å². The SMILES string of the molecule is Cc1cc2nc(S)c3cnc4c(cnn4Cc4ccccc4)c3n2n1. The van der Waals surface area contributed by atoms with Crippen LogP contribution in [0.4, 0.5) is 0 Å². The van der Waals surface area contributed by atoms with Gasteiger partial charge in [-0.25, -0.2) is 19.2 Å². The zero-order chi connectivity index (χ0) is 17.0. The second kappa shape index (κ2) is 5.29. The summed E-state index contributed by atoms with van der Waals surface area (Å²) < 4.78 is 3.76. The van der Waals surface area contributed by atoms with Crippen molar-refractivity contribution in [3.63, 3.8) is 0 Å².